The molecule has 2 fully saturated rings. The van der Waals surface area contributed by atoms with Crippen molar-refractivity contribution in [3.63, 3.8) is 0 Å². The molecule has 4 rings (SSSR count). The number of nitrogens with zero attached hydrogens (tertiary/aromatic N) is 1. The van der Waals surface area contributed by atoms with Crippen LogP contribution in [0.4, 0.5) is 5.82 Å². The fourth-order valence-corrected chi connectivity index (χ4v) is 4.11. The Morgan fingerprint density at radius 2 is 2.05 bits per heavy atom. The largest absolute Gasteiger partial charge is 0.369 e. The van der Waals surface area contributed by atoms with Gasteiger partial charge in [0.1, 0.15) is 5.82 Å². The second-order valence-electron chi connectivity index (χ2n) is 6.20. The van der Waals surface area contributed by atoms with Crippen LogP contribution in [0.1, 0.15) is 25.7 Å². The second-order valence-corrected chi connectivity index (χ2v) is 6.20. The lowest BCUT2D eigenvalue weighted by atomic mass is 9.89. The first-order valence-electron chi connectivity index (χ1n) is 7.48. The zero-order valence-electron chi connectivity index (χ0n) is 11.2. The minimum Gasteiger partial charge on any atom is -0.369 e. The van der Waals surface area contributed by atoms with Crippen LogP contribution in [0.5, 0.6) is 0 Å². The van der Waals surface area contributed by atoms with E-state index in [0.29, 0.717) is 0 Å². The quantitative estimate of drug-likeness (QED) is 0.890. The van der Waals surface area contributed by atoms with E-state index in [-0.39, 0.29) is 0 Å². The van der Waals surface area contributed by atoms with Gasteiger partial charge in [0.2, 0.25) is 0 Å². The summed E-state index contributed by atoms with van der Waals surface area (Å²) in [6, 6.07) is 10.6. The Morgan fingerprint density at radius 3 is 2.89 bits per heavy atom. The van der Waals surface area contributed by atoms with Crippen molar-refractivity contribution in [1.82, 2.24) is 4.98 Å². The van der Waals surface area contributed by atoms with Crippen LogP contribution in [-0.4, -0.2) is 11.5 Å². The number of pyridine rings is 1. The Labute approximate surface area is 114 Å². The van der Waals surface area contributed by atoms with E-state index < -0.39 is 0 Å². The molecule has 2 bridgehead atoms. The third kappa shape index (κ3) is 1.99. The number of hydrogen-bond donors (Lipinski definition) is 1. The molecule has 2 heteroatoms. The van der Waals surface area contributed by atoms with Crippen molar-refractivity contribution in [3.8, 4) is 0 Å². The van der Waals surface area contributed by atoms with Crippen LogP contribution in [0, 0.1) is 17.8 Å². The molecule has 1 aromatic heterocycles. The van der Waals surface area contributed by atoms with E-state index >= 15 is 0 Å². The lowest BCUT2D eigenvalue weighted by Crippen LogP contribution is -2.20. The molecule has 2 nitrogen and oxygen atoms in total. The number of anilines is 1. The maximum Gasteiger partial charge on any atom is 0.133 e. The maximum atomic E-state index is 4.52. The van der Waals surface area contributed by atoms with Gasteiger partial charge in [0.25, 0.3) is 0 Å². The Hall–Kier alpha value is -1.57. The highest BCUT2D eigenvalue weighted by atomic mass is 15.0. The molecule has 0 saturated heterocycles. The molecule has 0 aliphatic heterocycles. The topological polar surface area (TPSA) is 24.9 Å². The fraction of sp³-hybridized carbons (Fsp3) is 0.471. The van der Waals surface area contributed by atoms with Gasteiger partial charge in [0.15, 0.2) is 0 Å². The molecule has 98 valence electrons. The average molecular weight is 252 g/mol. The molecular weight excluding hydrogens is 232 g/mol. The van der Waals surface area contributed by atoms with Gasteiger partial charge in [-0.15, -0.1) is 0 Å². The number of nitrogens with one attached hydrogen (secondary N) is 1. The van der Waals surface area contributed by atoms with Gasteiger partial charge < -0.3 is 5.32 Å². The van der Waals surface area contributed by atoms with Crippen molar-refractivity contribution < 1.29 is 0 Å². The van der Waals surface area contributed by atoms with Gasteiger partial charge in [0, 0.05) is 18.1 Å². The summed E-state index contributed by atoms with van der Waals surface area (Å²) in [7, 11) is 0. The Kier molecular flexibility index (Phi) is 2.68. The van der Waals surface area contributed by atoms with Crippen LogP contribution in [0.2, 0.25) is 0 Å². The summed E-state index contributed by atoms with van der Waals surface area (Å²) in [6.45, 7) is 1.10. The Balaban J connectivity index is 1.52. The standard InChI is InChI=1S/C17H20N2/c1-2-4-16-13(3-1)7-8-18-17(16)19-11-15-10-12-5-6-14(15)9-12/h1-4,7-8,12,14-15H,5-6,9-11H2,(H,18,19). The van der Waals surface area contributed by atoms with Crippen molar-refractivity contribution in [1.29, 1.82) is 0 Å². The zero-order valence-corrected chi connectivity index (χ0v) is 11.2. The van der Waals surface area contributed by atoms with Crippen LogP contribution in [0.15, 0.2) is 36.5 Å². The van der Waals surface area contributed by atoms with Crippen molar-refractivity contribution in [2.24, 2.45) is 17.8 Å². The normalized spacial score (nSPS) is 28.9. The number of benzene rings is 1. The van der Waals surface area contributed by atoms with Gasteiger partial charge in [-0.05, 0) is 48.5 Å². The molecule has 2 aliphatic carbocycles. The molecule has 2 aromatic rings. The summed E-state index contributed by atoms with van der Waals surface area (Å²) >= 11 is 0. The Morgan fingerprint density at radius 1 is 1.11 bits per heavy atom. The summed E-state index contributed by atoms with van der Waals surface area (Å²) in [4.78, 5) is 4.52. The summed E-state index contributed by atoms with van der Waals surface area (Å²) in [5.41, 5.74) is 0. The van der Waals surface area contributed by atoms with Crippen molar-refractivity contribution in [2.75, 3.05) is 11.9 Å². The molecule has 0 radical (unpaired) electrons. The molecule has 1 N–H and O–H groups in total. The molecule has 0 spiro atoms. The summed E-state index contributed by atoms with van der Waals surface area (Å²) in [5, 5.41) is 6.12. The van der Waals surface area contributed by atoms with Crippen molar-refractivity contribution in [2.45, 2.75) is 25.7 Å². The number of hydrogen-bond acceptors (Lipinski definition) is 2. The maximum absolute atomic E-state index is 4.52. The lowest BCUT2D eigenvalue weighted by molar-refractivity contribution is 0.348. The molecule has 2 saturated carbocycles. The van der Waals surface area contributed by atoms with Gasteiger partial charge in [-0.25, -0.2) is 4.98 Å². The molecule has 1 heterocycles. The predicted molar refractivity (Wildman–Crippen MR) is 79.2 cm³/mol. The van der Waals surface area contributed by atoms with Crippen molar-refractivity contribution >= 4 is 16.6 Å². The number of aromatic nitrogens is 1. The second kappa shape index (κ2) is 4.52. The number of fused-ring (bicyclic) bond motifs is 3. The van der Waals surface area contributed by atoms with Gasteiger partial charge in [-0.2, -0.15) is 0 Å². The highest BCUT2D eigenvalue weighted by Crippen LogP contribution is 2.48. The summed E-state index contributed by atoms with van der Waals surface area (Å²) in [6.07, 6.45) is 7.76. The highest BCUT2D eigenvalue weighted by Gasteiger charge is 2.39. The van der Waals surface area contributed by atoms with Crippen molar-refractivity contribution in [3.05, 3.63) is 36.5 Å². The van der Waals surface area contributed by atoms with E-state index in [1.54, 1.807) is 0 Å². The monoisotopic (exact) mass is 252 g/mol. The minimum absolute atomic E-state index is 0.875. The highest BCUT2D eigenvalue weighted by molar-refractivity contribution is 5.91. The first kappa shape index (κ1) is 11.3. The van der Waals surface area contributed by atoms with Crippen LogP contribution in [-0.2, 0) is 0 Å². The van der Waals surface area contributed by atoms with E-state index in [9.17, 15) is 0 Å². The van der Waals surface area contributed by atoms with E-state index in [1.807, 2.05) is 6.20 Å². The van der Waals surface area contributed by atoms with Gasteiger partial charge in [-0.1, -0.05) is 30.7 Å². The first-order valence-corrected chi connectivity index (χ1v) is 7.48. The molecular formula is C17H20N2. The Bertz CT molecular complexity index is 587. The van der Waals surface area contributed by atoms with Crippen LogP contribution in [0.3, 0.4) is 0 Å². The number of rotatable bonds is 3. The summed E-state index contributed by atoms with van der Waals surface area (Å²) < 4.78 is 0. The van der Waals surface area contributed by atoms with Gasteiger partial charge in [0.05, 0.1) is 0 Å². The third-order valence-electron chi connectivity index (χ3n) is 5.09. The molecule has 0 amide bonds. The molecule has 3 atom stereocenters. The van der Waals surface area contributed by atoms with Crippen LogP contribution in [0.25, 0.3) is 10.8 Å². The van der Waals surface area contributed by atoms with Gasteiger partial charge in [-0.3, -0.25) is 0 Å². The smallest absolute Gasteiger partial charge is 0.133 e. The van der Waals surface area contributed by atoms with E-state index in [1.165, 1.54) is 36.5 Å². The summed E-state index contributed by atoms with van der Waals surface area (Å²) in [5.74, 6) is 3.94. The predicted octanol–water partition coefficient (Wildman–Crippen LogP) is 4.08. The van der Waals surface area contributed by atoms with Crippen LogP contribution < -0.4 is 5.32 Å². The zero-order chi connectivity index (χ0) is 12.7. The first-order chi connectivity index (χ1) is 9.40. The fourth-order valence-electron chi connectivity index (χ4n) is 4.11. The average Bonchev–Trinajstić information content (AvgIpc) is 3.07. The third-order valence-corrected chi connectivity index (χ3v) is 5.09. The van der Waals surface area contributed by atoms with E-state index in [4.69, 9.17) is 0 Å². The molecule has 1 aromatic carbocycles. The van der Waals surface area contributed by atoms with Crippen LogP contribution >= 0.6 is 0 Å². The molecule has 3 unspecified atom stereocenters. The van der Waals surface area contributed by atoms with E-state index in [2.05, 4.69) is 40.6 Å². The molecule has 2 aliphatic rings. The van der Waals surface area contributed by atoms with E-state index in [0.717, 1.165) is 30.1 Å². The lowest BCUT2D eigenvalue weighted by Gasteiger charge is -2.22. The SMILES string of the molecule is c1ccc2c(NCC3CC4CCC3C4)nccc2c1. The minimum atomic E-state index is 0.875. The van der Waals surface area contributed by atoms with Gasteiger partial charge >= 0.3 is 0 Å². The molecule has 19 heavy (non-hydrogen) atoms.